The first-order valence-electron chi connectivity index (χ1n) is 10.6. The average Bonchev–Trinajstić information content (AvgIpc) is 2.78. The van der Waals surface area contributed by atoms with Crippen LogP contribution < -0.4 is 14.4 Å². The van der Waals surface area contributed by atoms with Crippen LogP contribution in [0.15, 0.2) is 71.6 Å². The van der Waals surface area contributed by atoms with E-state index in [4.69, 9.17) is 16.3 Å². The Morgan fingerprint density at radius 2 is 1.79 bits per heavy atom. The van der Waals surface area contributed by atoms with Gasteiger partial charge in [-0.3, -0.25) is 9.10 Å². The van der Waals surface area contributed by atoms with Crippen LogP contribution in [0.5, 0.6) is 5.75 Å². The minimum Gasteiger partial charge on any atom is -0.476 e. The van der Waals surface area contributed by atoms with E-state index in [0.717, 1.165) is 16.7 Å². The number of anilines is 1. The number of benzene rings is 3. The third kappa shape index (κ3) is 4.70. The lowest BCUT2D eigenvalue weighted by Crippen LogP contribution is -2.51. The molecule has 1 N–H and O–H groups in total. The number of aryl methyl sites for hydroxylation is 2. The van der Waals surface area contributed by atoms with Crippen molar-refractivity contribution < 1.29 is 17.9 Å². The van der Waals surface area contributed by atoms with Gasteiger partial charge in [-0.1, -0.05) is 47.5 Å². The van der Waals surface area contributed by atoms with E-state index >= 15 is 0 Å². The van der Waals surface area contributed by atoms with Gasteiger partial charge in [-0.05, 0) is 68.3 Å². The van der Waals surface area contributed by atoms with Crippen LogP contribution >= 0.6 is 11.6 Å². The van der Waals surface area contributed by atoms with Gasteiger partial charge in [0, 0.05) is 5.02 Å². The second-order valence-electron chi connectivity index (χ2n) is 8.15. The summed E-state index contributed by atoms with van der Waals surface area (Å²) in [5.41, 5.74) is 3.60. The lowest BCUT2D eigenvalue weighted by molar-refractivity contribution is -0.128. The summed E-state index contributed by atoms with van der Waals surface area (Å²) in [6.45, 7) is 5.77. The molecule has 33 heavy (non-hydrogen) atoms. The molecule has 3 aromatic carbocycles. The molecular formula is C25H25ClN2O4S. The summed E-state index contributed by atoms with van der Waals surface area (Å²) in [6, 6.07) is 18.5. The Bertz CT molecular complexity index is 1290. The number of hydrogen-bond donors (Lipinski definition) is 1. The predicted octanol–water partition coefficient (Wildman–Crippen LogP) is 4.79. The van der Waals surface area contributed by atoms with E-state index in [1.807, 2.05) is 32.9 Å². The Labute approximate surface area is 199 Å². The highest BCUT2D eigenvalue weighted by molar-refractivity contribution is 7.92. The smallest absolute Gasteiger partial charge is 0.264 e. The Morgan fingerprint density at radius 3 is 2.48 bits per heavy atom. The number of ether oxygens (including phenoxy) is 1. The van der Waals surface area contributed by atoms with Crippen LogP contribution in [0.3, 0.4) is 0 Å². The maximum absolute atomic E-state index is 13.4. The maximum Gasteiger partial charge on any atom is 0.264 e. The number of fused-ring (bicyclic) bond motifs is 1. The number of halogens is 1. The normalized spacial score (nSPS) is 16.5. The highest BCUT2D eigenvalue weighted by Gasteiger charge is 2.37. The van der Waals surface area contributed by atoms with E-state index in [9.17, 15) is 13.2 Å². The van der Waals surface area contributed by atoms with Crippen molar-refractivity contribution in [1.29, 1.82) is 0 Å². The second kappa shape index (κ2) is 9.08. The zero-order chi connectivity index (χ0) is 23.8. The topological polar surface area (TPSA) is 75.7 Å². The fourth-order valence-electron chi connectivity index (χ4n) is 4.00. The van der Waals surface area contributed by atoms with Crippen molar-refractivity contribution in [2.24, 2.45) is 0 Å². The summed E-state index contributed by atoms with van der Waals surface area (Å²) in [6.07, 6.45) is -1.00. The molecule has 0 saturated heterocycles. The standard InChI is InChI=1S/C25H25ClN2O4S/c1-16-8-13-21(17(2)14-16)18(3)27-25(29)24-15-28(22-6-4-5-7-23(22)32-24)33(30,31)20-11-9-19(26)10-12-20/h4-14,18,24H,15H2,1-3H3,(H,27,29)/t18-,24+/m1/s1. The number of carbonyl (C=O) groups excluding carboxylic acids is 1. The zero-order valence-corrected chi connectivity index (χ0v) is 20.2. The molecule has 1 aliphatic heterocycles. The van der Waals surface area contributed by atoms with Gasteiger partial charge < -0.3 is 10.1 Å². The first kappa shape index (κ1) is 23.1. The van der Waals surface area contributed by atoms with Crippen molar-refractivity contribution in [3.05, 3.63) is 88.4 Å². The molecular weight excluding hydrogens is 460 g/mol. The highest BCUT2D eigenvalue weighted by atomic mass is 35.5. The van der Waals surface area contributed by atoms with E-state index in [1.54, 1.807) is 24.3 Å². The summed E-state index contributed by atoms with van der Waals surface area (Å²) in [5, 5.41) is 3.41. The lowest BCUT2D eigenvalue weighted by Gasteiger charge is -2.35. The van der Waals surface area contributed by atoms with E-state index < -0.39 is 16.1 Å². The van der Waals surface area contributed by atoms with Crippen LogP contribution in [0.2, 0.25) is 5.02 Å². The molecule has 0 aromatic heterocycles. The van der Waals surface area contributed by atoms with Gasteiger partial charge in [0.2, 0.25) is 0 Å². The molecule has 3 aromatic rings. The molecule has 8 heteroatoms. The monoisotopic (exact) mass is 484 g/mol. The first-order chi connectivity index (χ1) is 15.7. The first-order valence-corrected chi connectivity index (χ1v) is 12.4. The van der Waals surface area contributed by atoms with E-state index in [1.165, 1.54) is 28.6 Å². The van der Waals surface area contributed by atoms with Gasteiger partial charge >= 0.3 is 0 Å². The summed E-state index contributed by atoms with van der Waals surface area (Å²) in [5.74, 6) is -0.0473. The van der Waals surface area contributed by atoms with Crippen molar-refractivity contribution in [3.63, 3.8) is 0 Å². The number of amides is 1. The van der Waals surface area contributed by atoms with Crippen LogP contribution in [-0.2, 0) is 14.8 Å². The molecule has 0 saturated carbocycles. The van der Waals surface area contributed by atoms with Crippen LogP contribution in [0.1, 0.15) is 29.7 Å². The van der Waals surface area contributed by atoms with Crippen LogP contribution in [0, 0.1) is 13.8 Å². The molecule has 2 atom stereocenters. The van der Waals surface area contributed by atoms with Crippen LogP contribution in [0.25, 0.3) is 0 Å². The fraction of sp³-hybridized carbons (Fsp3) is 0.240. The minimum atomic E-state index is -3.94. The number of sulfonamides is 1. The van der Waals surface area contributed by atoms with Crippen LogP contribution in [0.4, 0.5) is 5.69 Å². The molecule has 0 bridgehead atoms. The van der Waals surface area contributed by atoms with Crippen molar-refractivity contribution in [2.45, 2.75) is 37.8 Å². The van der Waals surface area contributed by atoms with Crippen molar-refractivity contribution in [2.75, 3.05) is 10.8 Å². The fourth-order valence-corrected chi connectivity index (χ4v) is 5.60. The van der Waals surface area contributed by atoms with E-state index in [0.29, 0.717) is 16.5 Å². The third-order valence-corrected chi connectivity index (χ3v) is 7.73. The molecule has 0 radical (unpaired) electrons. The zero-order valence-electron chi connectivity index (χ0n) is 18.6. The molecule has 1 aliphatic rings. The number of carbonyl (C=O) groups is 1. The van der Waals surface area contributed by atoms with E-state index in [2.05, 4.69) is 11.4 Å². The molecule has 4 rings (SSSR count). The van der Waals surface area contributed by atoms with Crippen molar-refractivity contribution >= 4 is 33.2 Å². The molecule has 1 heterocycles. The van der Waals surface area contributed by atoms with Crippen molar-refractivity contribution in [1.82, 2.24) is 5.32 Å². The molecule has 0 unspecified atom stereocenters. The predicted molar refractivity (Wildman–Crippen MR) is 129 cm³/mol. The quantitative estimate of drug-likeness (QED) is 0.565. The maximum atomic E-state index is 13.4. The summed E-state index contributed by atoms with van der Waals surface area (Å²) in [7, 11) is -3.94. The second-order valence-corrected chi connectivity index (χ2v) is 10.5. The van der Waals surface area contributed by atoms with Crippen LogP contribution in [-0.4, -0.2) is 27.0 Å². The van der Waals surface area contributed by atoms with Gasteiger partial charge in [0.25, 0.3) is 15.9 Å². The molecule has 1 amide bonds. The Hall–Kier alpha value is -3.03. The van der Waals surface area contributed by atoms with Gasteiger partial charge in [0.1, 0.15) is 5.75 Å². The summed E-state index contributed by atoms with van der Waals surface area (Å²) < 4.78 is 34.0. The number of para-hydroxylation sites is 2. The number of hydrogen-bond acceptors (Lipinski definition) is 4. The molecule has 6 nitrogen and oxygen atoms in total. The van der Waals surface area contributed by atoms with E-state index in [-0.39, 0.29) is 23.4 Å². The molecule has 0 spiro atoms. The van der Waals surface area contributed by atoms with Gasteiger partial charge in [-0.25, -0.2) is 8.42 Å². The Morgan fingerprint density at radius 1 is 1.09 bits per heavy atom. The van der Waals surface area contributed by atoms with Gasteiger partial charge in [-0.15, -0.1) is 0 Å². The number of nitrogens with one attached hydrogen (secondary N) is 1. The number of rotatable bonds is 5. The molecule has 172 valence electrons. The summed E-state index contributed by atoms with van der Waals surface area (Å²) in [4.78, 5) is 13.2. The highest BCUT2D eigenvalue weighted by Crippen LogP contribution is 2.37. The van der Waals surface area contributed by atoms with Gasteiger partial charge in [-0.2, -0.15) is 0 Å². The van der Waals surface area contributed by atoms with Crippen molar-refractivity contribution in [3.8, 4) is 5.75 Å². The third-order valence-electron chi connectivity index (χ3n) is 5.68. The number of nitrogens with zero attached hydrogens (tertiary/aromatic N) is 1. The molecule has 0 fully saturated rings. The summed E-state index contributed by atoms with van der Waals surface area (Å²) >= 11 is 5.93. The Balaban J connectivity index is 1.62. The Kier molecular flexibility index (Phi) is 6.36. The SMILES string of the molecule is Cc1ccc([C@@H](C)NC(=O)[C@@H]2CN(S(=O)(=O)c3ccc(Cl)cc3)c3ccccc3O2)c(C)c1. The van der Waals surface area contributed by atoms with Gasteiger partial charge in [0.05, 0.1) is 23.2 Å². The average molecular weight is 485 g/mol. The largest absolute Gasteiger partial charge is 0.476 e. The lowest BCUT2D eigenvalue weighted by atomic mass is 10.00. The van der Waals surface area contributed by atoms with Gasteiger partial charge in [0.15, 0.2) is 6.10 Å². The molecule has 0 aliphatic carbocycles. The minimum absolute atomic E-state index is 0.0893.